The van der Waals surface area contributed by atoms with Gasteiger partial charge in [-0.25, -0.2) is 17.6 Å². The van der Waals surface area contributed by atoms with E-state index >= 15 is 0 Å². The largest absolute Gasteiger partial charge is 0.494 e. The smallest absolute Gasteiger partial charge is 0.354 e. The Hall–Kier alpha value is -2.62. The zero-order chi connectivity index (χ0) is 16.5. The van der Waals surface area contributed by atoms with E-state index in [1.807, 2.05) is 0 Å². The number of hydrogen-bond acceptors (Lipinski definition) is 5. The number of rotatable bonds is 5. The molecule has 0 saturated heterocycles. The maximum atomic E-state index is 13.6. The molecule has 0 bridgehead atoms. The van der Waals surface area contributed by atoms with E-state index in [1.165, 1.54) is 20.2 Å². The third-order valence-corrected chi connectivity index (χ3v) is 4.12. The predicted molar refractivity (Wildman–Crippen MR) is 73.9 cm³/mol. The van der Waals surface area contributed by atoms with Crippen molar-refractivity contribution in [3.8, 4) is 5.75 Å². The van der Waals surface area contributed by atoms with Crippen LogP contribution >= 0.6 is 0 Å². The summed E-state index contributed by atoms with van der Waals surface area (Å²) >= 11 is 0. The highest BCUT2D eigenvalue weighted by Gasteiger charge is 2.20. The van der Waals surface area contributed by atoms with E-state index < -0.39 is 21.8 Å². The highest BCUT2D eigenvalue weighted by atomic mass is 32.2. The summed E-state index contributed by atoms with van der Waals surface area (Å²) in [6, 6.07) is 4.18. The number of carbonyl (C=O) groups is 1. The molecule has 22 heavy (non-hydrogen) atoms. The standard InChI is InChI=1S/C12H12FN3O5S/c1-16-9(12(17)18)6-11(14-16)15-22(19,20)7-3-4-10(21-2)8(13)5-7/h3-6H,1-2H3,(H,14,15)(H,17,18). The van der Waals surface area contributed by atoms with Gasteiger partial charge < -0.3 is 9.84 Å². The zero-order valence-electron chi connectivity index (χ0n) is 11.6. The van der Waals surface area contributed by atoms with Crippen LogP contribution in [0.1, 0.15) is 10.5 Å². The molecule has 0 aliphatic rings. The summed E-state index contributed by atoms with van der Waals surface area (Å²) in [6.45, 7) is 0. The Balaban J connectivity index is 2.33. The molecule has 1 aromatic heterocycles. The summed E-state index contributed by atoms with van der Waals surface area (Å²) in [6.07, 6.45) is 0. The molecule has 2 N–H and O–H groups in total. The molecule has 0 saturated carbocycles. The summed E-state index contributed by atoms with van der Waals surface area (Å²) in [7, 11) is -1.49. The van der Waals surface area contributed by atoms with Gasteiger partial charge in [-0.2, -0.15) is 5.10 Å². The first-order valence-electron chi connectivity index (χ1n) is 5.88. The zero-order valence-corrected chi connectivity index (χ0v) is 12.4. The quantitative estimate of drug-likeness (QED) is 0.849. The molecule has 2 aromatic rings. The Kier molecular flexibility index (Phi) is 4.04. The molecule has 0 fully saturated rings. The third-order valence-electron chi connectivity index (χ3n) is 2.77. The van der Waals surface area contributed by atoms with E-state index in [9.17, 15) is 17.6 Å². The average Bonchev–Trinajstić information content (AvgIpc) is 2.78. The number of carboxylic acids is 1. The Labute approximate surface area is 125 Å². The minimum Gasteiger partial charge on any atom is -0.494 e. The van der Waals surface area contributed by atoms with Crippen molar-refractivity contribution < 1.29 is 27.4 Å². The van der Waals surface area contributed by atoms with Crippen LogP contribution in [0.25, 0.3) is 0 Å². The van der Waals surface area contributed by atoms with Gasteiger partial charge in [-0.3, -0.25) is 9.40 Å². The van der Waals surface area contributed by atoms with Crippen LogP contribution in [0.5, 0.6) is 5.75 Å². The molecule has 0 aliphatic carbocycles. The lowest BCUT2D eigenvalue weighted by molar-refractivity contribution is 0.0685. The van der Waals surface area contributed by atoms with Crippen molar-refractivity contribution in [2.75, 3.05) is 11.8 Å². The van der Waals surface area contributed by atoms with E-state index in [2.05, 4.69) is 9.82 Å². The minimum absolute atomic E-state index is 0.0926. The highest BCUT2D eigenvalue weighted by molar-refractivity contribution is 7.92. The average molecular weight is 329 g/mol. The second-order valence-corrected chi connectivity index (χ2v) is 5.93. The van der Waals surface area contributed by atoms with Gasteiger partial charge in [0.05, 0.1) is 12.0 Å². The number of nitrogens with zero attached hydrogens (tertiary/aromatic N) is 2. The summed E-state index contributed by atoms with van der Waals surface area (Å²) < 4.78 is 45.6. The second kappa shape index (κ2) is 5.64. The van der Waals surface area contributed by atoms with E-state index in [0.717, 1.165) is 22.9 Å². The third kappa shape index (κ3) is 3.01. The van der Waals surface area contributed by atoms with Crippen molar-refractivity contribution in [1.29, 1.82) is 0 Å². The van der Waals surface area contributed by atoms with Crippen molar-refractivity contribution >= 4 is 21.8 Å². The molecule has 0 radical (unpaired) electrons. The molecule has 1 aromatic carbocycles. The number of hydrogen-bond donors (Lipinski definition) is 2. The molecular formula is C12H12FN3O5S. The van der Waals surface area contributed by atoms with Crippen molar-refractivity contribution in [3.05, 3.63) is 35.8 Å². The molecule has 8 nitrogen and oxygen atoms in total. The molecule has 1 heterocycles. The molecule has 118 valence electrons. The molecule has 0 unspecified atom stereocenters. The van der Waals surface area contributed by atoms with Gasteiger partial charge in [-0.05, 0) is 18.2 Å². The van der Waals surface area contributed by atoms with Crippen LogP contribution in [0.4, 0.5) is 10.2 Å². The molecule has 0 atom stereocenters. The van der Waals surface area contributed by atoms with E-state index in [0.29, 0.717) is 0 Å². The normalized spacial score (nSPS) is 11.2. The maximum Gasteiger partial charge on any atom is 0.354 e. The van der Waals surface area contributed by atoms with Gasteiger partial charge >= 0.3 is 5.97 Å². The Bertz CT molecular complexity index is 831. The predicted octanol–water partition coefficient (Wildman–Crippen LogP) is 1.07. The monoisotopic (exact) mass is 329 g/mol. The first-order chi connectivity index (χ1) is 10.2. The van der Waals surface area contributed by atoms with E-state index in [4.69, 9.17) is 9.84 Å². The van der Waals surface area contributed by atoms with Crippen LogP contribution in [0.15, 0.2) is 29.2 Å². The van der Waals surface area contributed by atoms with Crippen LogP contribution in [0.2, 0.25) is 0 Å². The lowest BCUT2D eigenvalue weighted by Gasteiger charge is -2.07. The van der Waals surface area contributed by atoms with Gasteiger partial charge in [0.25, 0.3) is 10.0 Å². The molecule has 0 spiro atoms. The highest BCUT2D eigenvalue weighted by Crippen LogP contribution is 2.22. The van der Waals surface area contributed by atoms with Gasteiger partial charge in [-0.1, -0.05) is 0 Å². The number of aryl methyl sites for hydroxylation is 1. The number of aromatic nitrogens is 2. The minimum atomic E-state index is -4.10. The molecule has 0 amide bonds. The van der Waals surface area contributed by atoms with Gasteiger partial charge in [-0.15, -0.1) is 0 Å². The number of nitrogens with one attached hydrogen (secondary N) is 1. The van der Waals surface area contributed by atoms with E-state index in [-0.39, 0.29) is 22.2 Å². The fourth-order valence-corrected chi connectivity index (χ4v) is 2.73. The lowest BCUT2D eigenvalue weighted by atomic mass is 10.3. The summed E-state index contributed by atoms with van der Waals surface area (Å²) in [5.74, 6) is -2.37. The van der Waals surface area contributed by atoms with Gasteiger partial charge in [0.15, 0.2) is 17.4 Å². The SMILES string of the molecule is COc1ccc(S(=O)(=O)Nc2cc(C(=O)O)n(C)n2)cc1F. The number of sulfonamides is 1. The van der Waals surface area contributed by atoms with Gasteiger partial charge in [0.2, 0.25) is 0 Å². The fraction of sp³-hybridized carbons (Fsp3) is 0.167. The molecule has 10 heteroatoms. The summed E-state index contributed by atoms with van der Waals surface area (Å²) in [4.78, 5) is 10.5. The Morgan fingerprint density at radius 2 is 2.09 bits per heavy atom. The van der Waals surface area contributed by atoms with Crippen molar-refractivity contribution in [2.24, 2.45) is 7.05 Å². The van der Waals surface area contributed by atoms with Crippen LogP contribution in [0, 0.1) is 5.82 Å². The molecule has 0 aliphatic heterocycles. The van der Waals surface area contributed by atoms with E-state index in [1.54, 1.807) is 0 Å². The van der Waals surface area contributed by atoms with Gasteiger partial charge in [0, 0.05) is 13.1 Å². The number of ether oxygens (including phenoxy) is 1. The number of carboxylic acid groups (broad SMARTS) is 1. The van der Waals surface area contributed by atoms with Crippen molar-refractivity contribution in [3.63, 3.8) is 0 Å². The van der Waals surface area contributed by atoms with Crippen molar-refractivity contribution in [2.45, 2.75) is 4.90 Å². The Morgan fingerprint density at radius 1 is 1.41 bits per heavy atom. The molecule has 2 rings (SSSR count). The van der Waals surface area contributed by atoms with Crippen molar-refractivity contribution in [1.82, 2.24) is 9.78 Å². The number of anilines is 1. The maximum absolute atomic E-state index is 13.6. The van der Waals surface area contributed by atoms with Crippen LogP contribution < -0.4 is 9.46 Å². The van der Waals surface area contributed by atoms with Gasteiger partial charge in [0.1, 0.15) is 5.69 Å². The Morgan fingerprint density at radius 3 is 2.59 bits per heavy atom. The second-order valence-electron chi connectivity index (χ2n) is 4.25. The van der Waals surface area contributed by atoms with Crippen LogP contribution in [0.3, 0.4) is 0 Å². The number of methoxy groups -OCH3 is 1. The first kappa shape index (κ1) is 15.8. The van der Waals surface area contributed by atoms with Crippen LogP contribution in [-0.4, -0.2) is 36.4 Å². The number of halogens is 1. The summed E-state index contributed by atoms with van der Waals surface area (Å²) in [5.41, 5.74) is -0.196. The molecular weight excluding hydrogens is 317 g/mol. The lowest BCUT2D eigenvalue weighted by Crippen LogP contribution is -2.14. The first-order valence-corrected chi connectivity index (χ1v) is 7.36. The number of benzene rings is 1. The fourth-order valence-electron chi connectivity index (χ4n) is 1.73. The topological polar surface area (TPSA) is 111 Å². The summed E-state index contributed by atoms with van der Waals surface area (Å²) in [5, 5.41) is 12.6. The van der Waals surface area contributed by atoms with Crippen LogP contribution in [-0.2, 0) is 17.1 Å². The number of aromatic carboxylic acids is 1.